The second kappa shape index (κ2) is 13.6. The van der Waals surface area contributed by atoms with Gasteiger partial charge in [-0.25, -0.2) is 4.98 Å². The Labute approximate surface area is 308 Å². The molecule has 0 bridgehead atoms. The number of aromatic nitrogens is 2. The summed E-state index contributed by atoms with van der Waals surface area (Å²) in [6, 6.07) is 59.9. The van der Waals surface area contributed by atoms with Crippen molar-refractivity contribution in [1.29, 1.82) is 0 Å². The van der Waals surface area contributed by atoms with Gasteiger partial charge in [0.1, 0.15) is 0 Å². The molecule has 3 nitrogen and oxygen atoms in total. The van der Waals surface area contributed by atoms with Crippen molar-refractivity contribution in [3.8, 4) is 44.9 Å². The molecule has 9 aromatic rings. The number of aliphatic imine (C=N–C) groups is 1. The monoisotopic (exact) mass is 677 g/mol. The number of nitrogens with zero attached hydrogens (tertiary/aromatic N) is 3. The Morgan fingerprint density at radius 2 is 1.06 bits per heavy atom. The number of fused-ring (bicyclic) bond motifs is 3. The summed E-state index contributed by atoms with van der Waals surface area (Å²) in [5.74, 6) is 0. The maximum absolute atomic E-state index is 5.41. The summed E-state index contributed by atoms with van der Waals surface area (Å²) in [7, 11) is 0. The quantitative estimate of drug-likeness (QED) is 0.164. The van der Waals surface area contributed by atoms with Crippen LogP contribution in [0.25, 0.3) is 89.0 Å². The molecule has 0 saturated carbocycles. The Bertz CT molecular complexity index is 2880. The molecule has 0 fully saturated rings. The molecule has 0 aliphatic carbocycles. The number of hydrogen-bond donors (Lipinski definition) is 0. The van der Waals surface area contributed by atoms with Crippen LogP contribution in [0.15, 0.2) is 181 Å². The van der Waals surface area contributed by atoms with Crippen molar-refractivity contribution in [2.45, 2.75) is 6.92 Å². The summed E-state index contributed by atoms with van der Waals surface area (Å²) in [6.07, 6.45) is 4.01. The maximum Gasteiger partial charge on any atom is 0.0780 e. The average Bonchev–Trinajstić information content (AvgIpc) is 3.23. The Morgan fingerprint density at radius 3 is 1.70 bits per heavy atom. The highest BCUT2D eigenvalue weighted by atomic mass is 14.7. The van der Waals surface area contributed by atoms with Gasteiger partial charge in [0.15, 0.2) is 0 Å². The van der Waals surface area contributed by atoms with Gasteiger partial charge in [-0.2, -0.15) is 0 Å². The molecule has 53 heavy (non-hydrogen) atoms. The van der Waals surface area contributed by atoms with Gasteiger partial charge >= 0.3 is 0 Å². The van der Waals surface area contributed by atoms with E-state index in [0.717, 1.165) is 88.1 Å². The molecule has 0 N–H and O–H groups in total. The number of pyridine rings is 2. The van der Waals surface area contributed by atoms with Gasteiger partial charge in [0.2, 0.25) is 0 Å². The molecule has 250 valence electrons. The minimum atomic E-state index is 0.819. The van der Waals surface area contributed by atoms with Crippen LogP contribution < -0.4 is 10.4 Å². The smallest absolute Gasteiger partial charge is 0.0780 e. The first-order valence-electron chi connectivity index (χ1n) is 17.9. The average molecular weight is 678 g/mol. The third-order valence-corrected chi connectivity index (χ3v) is 10.1. The first-order valence-corrected chi connectivity index (χ1v) is 17.9. The minimum absolute atomic E-state index is 0.819. The van der Waals surface area contributed by atoms with Gasteiger partial charge in [-0.3, -0.25) is 9.98 Å². The number of hydrogen-bond acceptors (Lipinski definition) is 3. The minimum Gasteiger partial charge on any atom is -0.263 e. The molecule has 0 spiro atoms. The normalized spacial score (nSPS) is 12.4. The molecule has 0 radical (unpaired) electrons. The van der Waals surface area contributed by atoms with E-state index in [-0.39, 0.29) is 0 Å². The van der Waals surface area contributed by atoms with E-state index in [2.05, 4.69) is 195 Å². The Morgan fingerprint density at radius 1 is 0.528 bits per heavy atom. The third-order valence-electron chi connectivity index (χ3n) is 10.1. The second-order valence-corrected chi connectivity index (χ2v) is 13.2. The largest absolute Gasteiger partial charge is 0.263 e. The summed E-state index contributed by atoms with van der Waals surface area (Å²) in [4.78, 5) is 15.1. The fraction of sp³-hybridized carbons (Fsp3) is 0.0200. The molecule has 0 atom stereocenters. The number of benzene rings is 7. The van der Waals surface area contributed by atoms with Crippen molar-refractivity contribution < 1.29 is 0 Å². The lowest BCUT2D eigenvalue weighted by atomic mass is 9.92. The van der Waals surface area contributed by atoms with Gasteiger partial charge in [0, 0.05) is 39.1 Å². The van der Waals surface area contributed by atoms with Crippen molar-refractivity contribution in [2.24, 2.45) is 4.99 Å². The summed E-state index contributed by atoms with van der Waals surface area (Å²) < 4.78 is 0. The fourth-order valence-corrected chi connectivity index (χ4v) is 7.58. The van der Waals surface area contributed by atoms with E-state index < -0.39 is 0 Å². The first-order chi connectivity index (χ1) is 26.2. The van der Waals surface area contributed by atoms with E-state index in [9.17, 15) is 0 Å². The molecule has 9 rings (SSSR count). The Balaban J connectivity index is 1.37. The molecule has 0 saturated heterocycles. The molecule has 2 aromatic heterocycles. The van der Waals surface area contributed by atoms with E-state index in [1.54, 1.807) is 0 Å². The van der Waals surface area contributed by atoms with Crippen molar-refractivity contribution in [2.75, 3.05) is 0 Å². The zero-order chi connectivity index (χ0) is 35.7. The van der Waals surface area contributed by atoms with Crippen LogP contribution in [0.4, 0.5) is 0 Å². The van der Waals surface area contributed by atoms with Crippen LogP contribution in [0.1, 0.15) is 12.5 Å². The lowest BCUT2D eigenvalue weighted by Crippen LogP contribution is -2.26. The zero-order valence-electron chi connectivity index (χ0n) is 29.4. The molecule has 2 heterocycles. The third kappa shape index (κ3) is 5.88. The molecular formula is C50H35N3. The van der Waals surface area contributed by atoms with Gasteiger partial charge in [-0.05, 0) is 93.3 Å². The number of rotatable bonds is 6. The van der Waals surface area contributed by atoms with Gasteiger partial charge in [0.25, 0.3) is 0 Å². The highest BCUT2D eigenvalue weighted by molar-refractivity contribution is 6.00. The lowest BCUT2D eigenvalue weighted by Gasteiger charge is -2.16. The van der Waals surface area contributed by atoms with Crippen LogP contribution in [-0.4, -0.2) is 16.7 Å². The predicted molar refractivity (Wildman–Crippen MR) is 224 cm³/mol. The predicted octanol–water partition coefficient (Wildman–Crippen LogP) is 11.3. The van der Waals surface area contributed by atoms with Crippen LogP contribution in [0.2, 0.25) is 0 Å². The second-order valence-electron chi connectivity index (χ2n) is 13.2. The van der Waals surface area contributed by atoms with Crippen LogP contribution >= 0.6 is 0 Å². The molecule has 3 heteroatoms. The summed E-state index contributed by atoms with van der Waals surface area (Å²) >= 11 is 0. The van der Waals surface area contributed by atoms with Crippen LogP contribution in [0.5, 0.6) is 0 Å². The van der Waals surface area contributed by atoms with Crippen molar-refractivity contribution in [3.05, 3.63) is 192 Å². The topological polar surface area (TPSA) is 38.1 Å². The first kappa shape index (κ1) is 32.0. The lowest BCUT2D eigenvalue weighted by molar-refractivity contribution is 1.33. The van der Waals surface area contributed by atoms with Gasteiger partial charge in [-0.15, -0.1) is 0 Å². The summed E-state index contributed by atoms with van der Waals surface area (Å²) in [5, 5.41) is 9.05. The van der Waals surface area contributed by atoms with E-state index in [1.165, 1.54) is 10.8 Å². The van der Waals surface area contributed by atoms with Crippen LogP contribution in [-0.2, 0) is 0 Å². The molecule has 7 aromatic carbocycles. The van der Waals surface area contributed by atoms with Crippen molar-refractivity contribution >= 4 is 50.8 Å². The van der Waals surface area contributed by atoms with E-state index >= 15 is 0 Å². The molecule has 0 aliphatic heterocycles. The van der Waals surface area contributed by atoms with Gasteiger partial charge < -0.3 is 0 Å². The van der Waals surface area contributed by atoms with Crippen molar-refractivity contribution in [3.63, 3.8) is 0 Å². The zero-order valence-corrected chi connectivity index (χ0v) is 29.4. The standard InChI is InChI=1S/C50H35N3/c1-3-33-14-4-10-22-43(33)49(51-2)39-28-37(29-40(30-39)50-44-23-11-7-17-36(44)26-27-52-50)38-31-47(45-24-12-18-34-15-5-8-20-41(34)45)53-48(32-38)46-25-13-19-35-16-6-9-21-42(35)46/h3-32H,2H2,1H3/b33-3-,49-43-. The van der Waals surface area contributed by atoms with Gasteiger partial charge in [0.05, 0.1) is 22.8 Å². The van der Waals surface area contributed by atoms with E-state index in [4.69, 9.17) is 9.97 Å². The van der Waals surface area contributed by atoms with E-state index in [0.29, 0.717) is 0 Å². The fourth-order valence-electron chi connectivity index (χ4n) is 7.58. The molecule has 0 amide bonds. The van der Waals surface area contributed by atoms with Crippen LogP contribution in [0, 0.1) is 0 Å². The SMILES string of the molecule is C=N/C(c1cc(-c2cc(-c3cccc4ccccc34)nc(-c3cccc4ccccc34)c2)cc(-c2nccc3ccccc23)c1)=c1/cccc/c1=C/C. The van der Waals surface area contributed by atoms with Crippen LogP contribution in [0.3, 0.4) is 0 Å². The van der Waals surface area contributed by atoms with Gasteiger partial charge in [-0.1, -0.05) is 140 Å². The maximum atomic E-state index is 5.41. The Kier molecular flexibility index (Phi) is 8.22. The highest BCUT2D eigenvalue weighted by Crippen LogP contribution is 2.38. The Hall–Kier alpha value is -6.97. The van der Waals surface area contributed by atoms with E-state index in [1.807, 2.05) is 6.20 Å². The van der Waals surface area contributed by atoms with Crippen molar-refractivity contribution in [1.82, 2.24) is 9.97 Å². The molecule has 0 unspecified atom stereocenters. The summed E-state index contributed by atoms with van der Waals surface area (Å²) in [5.41, 5.74) is 9.79. The molecular weight excluding hydrogens is 643 g/mol. The molecule has 0 aliphatic rings. The summed E-state index contributed by atoms with van der Waals surface area (Å²) in [6.45, 7) is 6.14. The highest BCUT2D eigenvalue weighted by Gasteiger charge is 2.16.